The van der Waals surface area contributed by atoms with Crippen LogP contribution >= 0.6 is 0 Å². The smallest absolute Gasteiger partial charge is 0.203 e. The number of fused-ring (bicyclic) bond motifs is 8. The fourth-order valence-corrected chi connectivity index (χ4v) is 16.6. The van der Waals surface area contributed by atoms with Crippen molar-refractivity contribution in [2.24, 2.45) is 0 Å². The number of nitrogens with one attached hydrogen (secondary N) is 2. The van der Waals surface area contributed by atoms with Crippen molar-refractivity contribution in [3.63, 3.8) is 0 Å². The molecule has 8 bridgehead atoms. The second-order valence-electron chi connectivity index (χ2n) is 34.7. The lowest BCUT2D eigenvalue weighted by atomic mass is 10.0. The van der Waals surface area contributed by atoms with Gasteiger partial charge in [0.1, 0.15) is 5.75 Å². The van der Waals surface area contributed by atoms with Crippen LogP contribution in [0.1, 0.15) is 380 Å². The Kier molecular flexibility index (Phi) is 48.3. The summed E-state index contributed by atoms with van der Waals surface area (Å²) in [5.41, 5.74) is 13.5. The first-order chi connectivity index (χ1) is 61.7. The van der Waals surface area contributed by atoms with Crippen molar-refractivity contribution in [2.45, 2.75) is 358 Å². The van der Waals surface area contributed by atoms with Gasteiger partial charge in [0.15, 0.2) is 34.5 Å². The van der Waals surface area contributed by atoms with E-state index in [1.54, 1.807) is 0 Å². The van der Waals surface area contributed by atoms with Crippen LogP contribution in [0.15, 0.2) is 84.9 Å². The minimum Gasteiger partial charge on any atom is -0.494 e. The first-order valence-corrected chi connectivity index (χ1v) is 50.4. The average Bonchev–Trinajstić information content (AvgIpc) is 1.64. The number of ether oxygens (including phenoxy) is 10. The molecule has 688 valence electrons. The first kappa shape index (κ1) is 100. The van der Waals surface area contributed by atoms with Crippen LogP contribution in [0.3, 0.4) is 0 Å². The zero-order valence-corrected chi connectivity index (χ0v) is 79.1. The highest BCUT2D eigenvalue weighted by atomic mass is 16.6. The number of aliphatic hydroxyl groups is 1. The Morgan fingerprint density at radius 2 is 0.416 bits per heavy atom. The summed E-state index contributed by atoms with van der Waals surface area (Å²) in [5.74, 6) is 6.72. The van der Waals surface area contributed by atoms with E-state index in [1.165, 1.54) is 38.5 Å². The molecule has 3 N–H and O–H groups in total. The highest BCUT2D eigenvalue weighted by Crippen LogP contribution is 2.50. The van der Waals surface area contributed by atoms with Crippen LogP contribution in [0, 0.1) is 0 Å². The predicted molar refractivity (Wildman–Crippen MR) is 526 cm³/mol. The molecule has 0 atom stereocenters. The van der Waals surface area contributed by atoms with Crippen molar-refractivity contribution in [2.75, 3.05) is 72.7 Å². The molecule has 2 aliphatic heterocycles. The number of hydrogen-bond acceptors (Lipinski definition) is 13. The maximum Gasteiger partial charge on any atom is 0.203 e. The van der Waals surface area contributed by atoms with E-state index in [0.717, 1.165) is 352 Å². The molecular formula is C110H162N4O11. The van der Waals surface area contributed by atoms with E-state index >= 15 is 0 Å². The molecule has 4 aromatic carbocycles. The largest absolute Gasteiger partial charge is 0.494 e. The van der Waals surface area contributed by atoms with Gasteiger partial charge in [0.05, 0.1) is 88.8 Å². The van der Waals surface area contributed by atoms with Crippen molar-refractivity contribution >= 4 is 46.4 Å². The second kappa shape index (κ2) is 60.2. The van der Waals surface area contributed by atoms with E-state index in [9.17, 15) is 5.11 Å². The number of aliphatic hydroxyl groups excluding tert-OH is 1. The molecular weight excluding hydrogens is 1550 g/mol. The SMILES string of the molecule is CCCCCCOc1cc(-c2c3nc(c(-c4cc(OCCCCCC)c(OCCCCCC)c(OCCCCCC)c4)c4ccc([nH]4)c(-c4cc(OCCCCCC)c(OCCCCCC)c(OCCCCCC)c4)c4nc(c(-c5ccc(OCCCCCCCCCCCCO)cc5)c5ccc2[nH]5)C=C4)C=C3)cc(OCCCCCC)c1OCCCCCC. The maximum atomic E-state index is 9.23. The summed E-state index contributed by atoms with van der Waals surface area (Å²) in [6.07, 6.45) is 58.6. The van der Waals surface area contributed by atoms with Crippen molar-refractivity contribution in [3.05, 3.63) is 108 Å². The summed E-state index contributed by atoms with van der Waals surface area (Å²) in [7, 11) is 0. The first-order valence-electron chi connectivity index (χ1n) is 50.4. The van der Waals surface area contributed by atoms with E-state index in [1.807, 2.05) is 0 Å². The zero-order valence-electron chi connectivity index (χ0n) is 79.1. The van der Waals surface area contributed by atoms with Gasteiger partial charge in [-0.25, -0.2) is 9.97 Å². The van der Waals surface area contributed by atoms with Gasteiger partial charge in [-0.05, 0) is 190 Å². The third kappa shape index (κ3) is 33.5. The summed E-state index contributed by atoms with van der Waals surface area (Å²) in [5, 5.41) is 9.23. The Hall–Kier alpha value is -8.56. The number of hydrogen-bond donors (Lipinski definition) is 3. The number of rotatable bonds is 71. The van der Waals surface area contributed by atoms with Crippen LogP contribution in [-0.4, -0.2) is 97.7 Å². The van der Waals surface area contributed by atoms with Gasteiger partial charge in [-0.2, -0.15) is 0 Å². The lowest BCUT2D eigenvalue weighted by Crippen LogP contribution is -2.07. The molecule has 2 aliphatic rings. The molecule has 7 aromatic rings. The Morgan fingerprint density at radius 1 is 0.216 bits per heavy atom. The molecule has 0 aliphatic carbocycles. The number of aromatic amines is 2. The normalized spacial score (nSPS) is 11.8. The van der Waals surface area contributed by atoms with E-state index in [-0.39, 0.29) is 0 Å². The van der Waals surface area contributed by atoms with Crippen LogP contribution < -0.4 is 47.4 Å². The Balaban J connectivity index is 1.39. The van der Waals surface area contributed by atoms with Crippen LogP contribution in [0.5, 0.6) is 57.5 Å². The number of H-pyrrole nitrogens is 2. The Morgan fingerprint density at radius 3 is 0.648 bits per heavy atom. The molecule has 0 amide bonds. The Labute approximate surface area is 754 Å². The standard InChI is InChI=1S/C110H162N4O11/c1-10-19-28-46-70-117-98-79-86(80-99(118-71-47-29-20-11-2)108(98)123-76-52-34-25-16-7)105-92-62-60-90(111-92)104(85-56-58-89(59-57-85)116-69-55-44-42-40-38-37-39-41-43-45-68-115)91-61-63-93(112-91)106(87-81-100(119-72-48-30-21-12-3)109(124-77-53-35-26-17-8)101(82-87)120-73-49-31-22-13-4)95-65-67-97(114-95)107(96-66-64-94(105)113-96)88-83-102(121-74-50-32-23-14-5)110(125-78-54-36-27-18-9)103(84-88)122-75-51-33-24-15-6/h56-67,79-84,111,114-115H,10-55,68-78H2,1-9H3. The van der Waals surface area contributed by atoms with Gasteiger partial charge in [-0.1, -0.05) is 299 Å². The van der Waals surface area contributed by atoms with Gasteiger partial charge in [-0.15, -0.1) is 0 Å². The minimum absolute atomic E-state index is 0.295. The molecule has 0 saturated carbocycles. The van der Waals surface area contributed by atoms with Crippen molar-refractivity contribution in [1.29, 1.82) is 0 Å². The van der Waals surface area contributed by atoms with Crippen LogP contribution in [0.2, 0.25) is 0 Å². The van der Waals surface area contributed by atoms with Gasteiger partial charge >= 0.3 is 0 Å². The van der Waals surface area contributed by atoms with Crippen LogP contribution in [-0.2, 0) is 0 Å². The fourth-order valence-electron chi connectivity index (χ4n) is 16.6. The van der Waals surface area contributed by atoms with E-state index in [0.29, 0.717) is 124 Å². The second-order valence-corrected chi connectivity index (χ2v) is 34.7. The monoisotopic (exact) mass is 1720 g/mol. The lowest BCUT2D eigenvalue weighted by Gasteiger charge is -2.20. The molecule has 9 rings (SSSR count). The van der Waals surface area contributed by atoms with Crippen molar-refractivity contribution in [3.8, 4) is 102 Å². The molecule has 15 nitrogen and oxygen atoms in total. The number of aromatic nitrogens is 4. The molecule has 5 heterocycles. The Bertz CT molecular complexity index is 4200. The topological polar surface area (TPSA) is 170 Å². The summed E-state index contributed by atoms with van der Waals surface area (Å²) in [6, 6.07) is 30.5. The summed E-state index contributed by atoms with van der Waals surface area (Å²) < 4.78 is 70.0. The molecule has 0 fully saturated rings. The molecule has 0 radical (unpaired) electrons. The van der Waals surface area contributed by atoms with Gasteiger partial charge < -0.3 is 62.4 Å². The maximum absolute atomic E-state index is 9.23. The van der Waals surface area contributed by atoms with Crippen LogP contribution in [0.25, 0.3) is 90.9 Å². The minimum atomic E-state index is 0.295. The van der Waals surface area contributed by atoms with E-state index in [4.69, 9.17) is 57.3 Å². The van der Waals surface area contributed by atoms with Crippen molar-refractivity contribution in [1.82, 2.24) is 19.9 Å². The van der Waals surface area contributed by atoms with Crippen molar-refractivity contribution < 1.29 is 52.5 Å². The highest BCUT2D eigenvalue weighted by molar-refractivity contribution is 6.01. The van der Waals surface area contributed by atoms with Gasteiger partial charge in [0.25, 0.3) is 0 Å². The molecule has 3 aromatic heterocycles. The molecule has 0 saturated heterocycles. The number of unbranched alkanes of at least 4 members (excludes halogenated alkanes) is 36. The molecule has 0 unspecified atom stereocenters. The van der Waals surface area contributed by atoms with Gasteiger partial charge in [0, 0.05) is 50.9 Å². The molecule has 0 spiro atoms. The summed E-state index contributed by atoms with van der Waals surface area (Å²) >= 11 is 0. The number of benzene rings is 4. The van der Waals surface area contributed by atoms with Gasteiger partial charge in [0.2, 0.25) is 17.2 Å². The van der Waals surface area contributed by atoms with E-state index in [2.05, 4.69) is 182 Å². The molecule has 15 heteroatoms. The van der Waals surface area contributed by atoms with Gasteiger partial charge in [-0.3, -0.25) is 0 Å². The van der Waals surface area contributed by atoms with Crippen LogP contribution in [0.4, 0.5) is 0 Å². The highest BCUT2D eigenvalue weighted by Gasteiger charge is 2.27. The average molecular weight is 1720 g/mol. The fraction of sp³-hybridized carbons (Fsp3) is 0.600. The third-order valence-corrected chi connectivity index (χ3v) is 23.9. The summed E-state index contributed by atoms with van der Waals surface area (Å²) in [4.78, 5) is 20.2. The van der Waals surface area contributed by atoms with E-state index < -0.39 is 0 Å². The summed E-state index contributed by atoms with van der Waals surface area (Å²) in [6.45, 7) is 26.0. The predicted octanol–water partition coefficient (Wildman–Crippen LogP) is 32.2. The third-order valence-electron chi connectivity index (χ3n) is 23.9. The zero-order chi connectivity index (χ0) is 87.9. The quantitative estimate of drug-likeness (QED) is 0.0308. The number of nitrogens with zero attached hydrogens (tertiary/aromatic N) is 2. The lowest BCUT2D eigenvalue weighted by molar-refractivity contribution is 0.234. The molecule has 125 heavy (non-hydrogen) atoms.